The number of rotatable bonds is 6. The molecule has 0 bridgehead atoms. The fourth-order valence-corrected chi connectivity index (χ4v) is 3.90. The summed E-state index contributed by atoms with van der Waals surface area (Å²) in [5, 5.41) is 13.6. The smallest absolute Gasteiger partial charge is 0.161 e. The summed E-state index contributed by atoms with van der Waals surface area (Å²) in [4.78, 5) is 5.16. The molecule has 5 nitrogen and oxygen atoms in total. The molecule has 24 heavy (non-hydrogen) atoms. The van der Waals surface area contributed by atoms with Gasteiger partial charge in [0.1, 0.15) is 0 Å². The molecule has 2 fully saturated rings. The van der Waals surface area contributed by atoms with Gasteiger partial charge in [0.05, 0.1) is 6.61 Å². The van der Waals surface area contributed by atoms with Crippen molar-refractivity contribution in [3.8, 4) is 11.5 Å². The van der Waals surface area contributed by atoms with Crippen LogP contribution in [-0.4, -0.2) is 66.8 Å². The van der Waals surface area contributed by atoms with Gasteiger partial charge in [-0.05, 0) is 57.5 Å². The Morgan fingerprint density at radius 3 is 2.79 bits per heavy atom. The monoisotopic (exact) mass is 333 g/mol. The van der Waals surface area contributed by atoms with E-state index in [0.717, 1.165) is 26.2 Å². The zero-order chi connectivity index (χ0) is 16.9. The van der Waals surface area contributed by atoms with Crippen LogP contribution in [0.4, 0.5) is 0 Å². The summed E-state index contributed by atoms with van der Waals surface area (Å²) in [6.45, 7) is 11.4. The second-order valence-corrected chi connectivity index (χ2v) is 7.03. The van der Waals surface area contributed by atoms with Crippen LogP contribution in [0.5, 0.6) is 11.5 Å². The van der Waals surface area contributed by atoms with E-state index in [9.17, 15) is 5.11 Å². The maximum Gasteiger partial charge on any atom is 0.161 e. The van der Waals surface area contributed by atoms with Gasteiger partial charge in [0, 0.05) is 38.3 Å². The molecule has 0 spiro atoms. The van der Waals surface area contributed by atoms with E-state index in [-0.39, 0.29) is 5.75 Å². The van der Waals surface area contributed by atoms with E-state index in [1.54, 1.807) is 6.07 Å². The number of phenols is 1. The molecule has 2 N–H and O–H groups in total. The zero-order valence-electron chi connectivity index (χ0n) is 15.0. The van der Waals surface area contributed by atoms with E-state index in [1.165, 1.54) is 31.5 Å². The molecular weight excluding hydrogens is 302 g/mol. The first-order chi connectivity index (χ1) is 11.7. The number of aromatic hydroxyl groups is 1. The van der Waals surface area contributed by atoms with E-state index in [4.69, 9.17) is 4.74 Å². The molecule has 0 saturated carbocycles. The van der Waals surface area contributed by atoms with Crippen LogP contribution in [0.25, 0.3) is 0 Å². The van der Waals surface area contributed by atoms with Crippen molar-refractivity contribution >= 4 is 0 Å². The summed E-state index contributed by atoms with van der Waals surface area (Å²) in [6, 6.07) is 6.75. The first-order valence-corrected chi connectivity index (χ1v) is 9.33. The minimum atomic E-state index is 0.231. The third kappa shape index (κ3) is 4.21. The van der Waals surface area contributed by atoms with E-state index >= 15 is 0 Å². The van der Waals surface area contributed by atoms with Crippen molar-refractivity contribution in [2.45, 2.75) is 38.8 Å². The number of hydrogen-bond donors (Lipinski definition) is 2. The minimum absolute atomic E-state index is 0.231. The fourth-order valence-electron chi connectivity index (χ4n) is 3.90. The molecule has 0 amide bonds. The van der Waals surface area contributed by atoms with Gasteiger partial charge in [-0.25, -0.2) is 0 Å². The Morgan fingerprint density at radius 2 is 2.08 bits per heavy atom. The van der Waals surface area contributed by atoms with Crippen LogP contribution in [0.3, 0.4) is 0 Å². The fraction of sp³-hybridized carbons (Fsp3) is 0.684. The molecule has 2 aliphatic rings. The lowest BCUT2D eigenvalue weighted by Gasteiger charge is -2.39. The number of nitrogens with zero attached hydrogens (tertiary/aromatic N) is 2. The maximum atomic E-state index is 10.0. The van der Waals surface area contributed by atoms with Gasteiger partial charge in [-0.1, -0.05) is 6.07 Å². The lowest BCUT2D eigenvalue weighted by Crippen LogP contribution is -2.52. The Balaban J connectivity index is 1.83. The highest BCUT2D eigenvalue weighted by molar-refractivity contribution is 5.43. The first kappa shape index (κ1) is 17.5. The van der Waals surface area contributed by atoms with Crippen LogP contribution < -0.4 is 10.1 Å². The molecule has 5 heteroatoms. The van der Waals surface area contributed by atoms with Crippen LogP contribution >= 0.6 is 0 Å². The molecule has 3 rings (SSSR count). The van der Waals surface area contributed by atoms with Crippen molar-refractivity contribution in [1.29, 1.82) is 0 Å². The Kier molecular flexibility index (Phi) is 5.98. The van der Waals surface area contributed by atoms with Crippen LogP contribution in [0, 0.1) is 0 Å². The predicted octanol–water partition coefficient (Wildman–Crippen LogP) is 2.22. The van der Waals surface area contributed by atoms with E-state index in [0.29, 0.717) is 24.4 Å². The zero-order valence-corrected chi connectivity index (χ0v) is 15.0. The quantitative estimate of drug-likeness (QED) is 0.836. The van der Waals surface area contributed by atoms with E-state index in [2.05, 4.69) is 28.1 Å². The minimum Gasteiger partial charge on any atom is -0.504 e. The van der Waals surface area contributed by atoms with Crippen LogP contribution in [0.15, 0.2) is 18.2 Å². The van der Waals surface area contributed by atoms with Gasteiger partial charge in [0.15, 0.2) is 11.5 Å². The number of likely N-dealkylation sites (tertiary alicyclic amines) is 1. The van der Waals surface area contributed by atoms with Gasteiger partial charge in [0.2, 0.25) is 0 Å². The third-order valence-corrected chi connectivity index (χ3v) is 5.14. The number of nitrogens with one attached hydrogen (secondary N) is 1. The van der Waals surface area contributed by atoms with Crippen molar-refractivity contribution in [1.82, 2.24) is 15.1 Å². The van der Waals surface area contributed by atoms with Crippen molar-refractivity contribution in [3.63, 3.8) is 0 Å². The molecule has 2 saturated heterocycles. The van der Waals surface area contributed by atoms with Crippen molar-refractivity contribution in [2.24, 2.45) is 0 Å². The van der Waals surface area contributed by atoms with Gasteiger partial charge < -0.3 is 20.1 Å². The topological polar surface area (TPSA) is 48.0 Å². The van der Waals surface area contributed by atoms with Gasteiger partial charge >= 0.3 is 0 Å². The number of hydrogen-bond acceptors (Lipinski definition) is 5. The number of piperazine rings is 1. The molecule has 134 valence electrons. The third-order valence-electron chi connectivity index (χ3n) is 5.14. The first-order valence-electron chi connectivity index (χ1n) is 9.33. The SMILES string of the molecule is CCOc1cc(C(CN2CCCC2)N2CCNC(C)C2)ccc1O. The Hall–Kier alpha value is -1.30. The molecule has 1 aromatic carbocycles. The van der Waals surface area contributed by atoms with Crippen LogP contribution in [0.1, 0.15) is 38.3 Å². The van der Waals surface area contributed by atoms with Gasteiger partial charge in [-0.15, -0.1) is 0 Å². The van der Waals surface area contributed by atoms with E-state index < -0.39 is 0 Å². The van der Waals surface area contributed by atoms with Gasteiger partial charge in [-0.2, -0.15) is 0 Å². The molecule has 0 aliphatic carbocycles. The molecule has 2 unspecified atom stereocenters. The molecule has 0 radical (unpaired) electrons. The van der Waals surface area contributed by atoms with Crippen molar-refractivity contribution < 1.29 is 9.84 Å². The van der Waals surface area contributed by atoms with Gasteiger partial charge in [-0.3, -0.25) is 4.90 Å². The summed E-state index contributed by atoms with van der Waals surface area (Å²) in [7, 11) is 0. The second kappa shape index (κ2) is 8.19. The lowest BCUT2D eigenvalue weighted by atomic mass is 10.0. The summed E-state index contributed by atoms with van der Waals surface area (Å²) in [5.74, 6) is 0.832. The molecule has 1 aromatic rings. The van der Waals surface area contributed by atoms with Crippen LogP contribution in [0.2, 0.25) is 0 Å². The lowest BCUT2D eigenvalue weighted by molar-refractivity contribution is 0.117. The van der Waals surface area contributed by atoms with Crippen LogP contribution in [-0.2, 0) is 0 Å². The summed E-state index contributed by atoms with van der Waals surface area (Å²) in [5.41, 5.74) is 1.25. The van der Waals surface area contributed by atoms with Crippen molar-refractivity contribution in [3.05, 3.63) is 23.8 Å². The number of phenolic OH excluding ortho intramolecular Hbond substituents is 1. The molecular formula is C19H31N3O2. The highest BCUT2D eigenvalue weighted by Gasteiger charge is 2.28. The summed E-state index contributed by atoms with van der Waals surface area (Å²) in [6.07, 6.45) is 2.62. The molecule has 2 aliphatic heterocycles. The number of ether oxygens (including phenoxy) is 1. The van der Waals surface area contributed by atoms with E-state index in [1.807, 2.05) is 13.0 Å². The molecule has 2 atom stereocenters. The average molecular weight is 333 g/mol. The second-order valence-electron chi connectivity index (χ2n) is 7.03. The Labute approximate surface area is 145 Å². The molecule has 2 heterocycles. The Bertz CT molecular complexity index is 531. The number of benzene rings is 1. The highest BCUT2D eigenvalue weighted by Crippen LogP contribution is 2.32. The molecule has 0 aromatic heterocycles. The normalized spacial score (nSPS) is 24.2. The summed E-state index contributed by atoms with van der Waals surface area (Å²) < 4.78 is 5.61. The van der Waals surface area contributed by atoms with Gasteiger partial charge in [0.25, 0.3) is 0 Å². The predicted molar refractivity (Wildman–Crippen MR) is 96.7 cm³/mol. The Morgan fingerprint density at radius 1 is 1.29 bits per heavy atom. The highest BCUT2D eigenvalue weighted by atomic mass is 16.5. The largest absolute Gasteiger partial charge is 0.504 e. The standard InChI is InChI=1S/C19H31N3O2/c1-3-24-19-12-16(6-7-18(19)23)17(14-21-9-4-5-10-21)22-11-8-20-15(2)13-22/h6-7,12,15,17,20,23H,3-5,8-11,13-14H2,1-2H3. The summed E-state index contributed by atoms with van der Waals surface area (Å²) >= 11 is 0. The van der Waals surface area contributed by atoms with Crippen molar-refractivity contribution in [2.75, 3.05) is 45.9 Å². The maximum absolute atomic E-state index is 10.0. The average Bonchev–Trinajstić information content (AvgIpc) is 3.08.